The van der Waals surface area contributed by atoms with Crippen LogP contribution in [0.15, 0.2) is 51.8 Å². The number of hydrogen-bond acceptors (Lipinski definition) is 6. The van der Waals surface area contributed by atoms with Gasteiger partial charge in [-0.1, -0.05) is 30.1 Å². The maximum absolute atomic E-state index is 13.1. The molecule has 0 spiro atoms. The van der Waals surface area contributed by atoms with Crippen LogP contribution in [-0.4, -0.2) is 26.9 Å². The molecule has 0 bridgehead atoms. The Morgan fingerprint density at radius 1 is 1.06 bits per heavy atom. The molecule has 4 N–H and O–H groups in total. The van der Waals surface area contributed by atoms with Crippen molar-refractivity contribution in [2.75, 3.05) is 10.6 Å². The van der Waals surface area contributed by atoms with Crippen molar-refractivity contribution in [2.45, 2.75) is 25.7 Å². The Morgan fingerprint density at radius 2 is 1.88 bits per heavy atom. The monoisotopic (exact) mass is 456 g/mol. The molecule has 10 heteroatoms. The van der Waals surface area contributed by atoms with Crippen LogP contribution in [-0.2, 0) is 4.79 Å². The van der Waals surface area contributed by atoms with Gasteiger partial charge < -0.3 is 15.6 Å². The lowest BCUT2D eigenvalue weighted by atomic mass is 10.1. The fourth-order valence-corrected chi connectivity index (χ4v) is 4.26. The van der Waals surface area contributed by atoms with Crippen LogP contribution >= 0.6 is 0 Å². The van der Waals surface area contributed by atoms with E-state index in [1.165, 1.54) is 6.07 Å². The van der Waals surface area contributed by atoms with E-state index in [-0.39, 0.29) is 23.3 Å². The summed E-state index contributed by atoms with van der Waals surface area (Å²) in [6.45, 7) is 0. The fourth-order valence-electron chi connectivity index (χ4n) is 4.26. The average Bonchev–Trinajstić information content (AvgIpc) is 3.60. The molecule has 0 aliphatic heterocycles. The molecule has 2 aromatic heterocycles. The zero-order chi connectivity index (χ0) is 23.7. The number of nitriles is 1. The number of nitrogens with one attached hydrogen (secondary N) is 4. The summed E-state index contributed by atoms with van der Waals surface area (Å²) in [5.74, 6) is -1.09. The van der Waals surface area contributed by atoms with E-state index in [1.54, 1.807) is 24.3 Å². The van der Waals surface area contributed by atoms with Crippen molar-refractivity contribution in [1.29, 1.82) is 5.26 Å². The molecular weight excluding hydrogens is 436 g/mol. The number of carbonyl (C=O) groups is 2. The van der Waals surface area contributed by atoms with Gasteiger partial charge in [0.1, 0.15) is 5.69 Å². The number of anilines is 2. The highest BCUT2D eigenvalue weighted by molar-refractivity contribution is 6.09. The van der Waals surface area contributed by atoms with E-state index in [0.717, 1.165) is 31.1 Å². The van der Waals surface area contributed by atoms with Gasteiger partial charge in [-0.15, -0.1) is 0 Å². The van der Waals surface area contributed by atoms with Crippen LogP contribution in [0.3, 0.4) is 0 Å². The van der Waals surface area contributed by atoms with Crippen molar-refractivity contribution >= 4 is 34.1 Å². The number of benzene rings is 2. The first-order valence-corrected chi connectivity index (χ1v) is 10.9. The van der Waals surface area contributed by atoms with Crippen molar-refractivity contribution in [3.05, 3.63) is 64.3 Å². The zero-order valence-electron chi connectivity index (χ0n) is 18.0. The molecule has 5 rings (SSSR count). The van der Waals surface area contributed by atoms with E-state index >= 15 is 0 Å². The summed E-state index contributed by atoms with van der Waals surface area (Å²) in [7, 11) is 0. The molecule has 2 aromatic carbocycles. The third kappa shape index (κ3) is 4.06. The molecule has 34 heavy (non-hydrogen) atoms. The second-order valence-corrected chi connectivity index (χ2v) is 8.19. The van der Waals surface area contributed by atoms with Crippen molar-refractivity contribution < 1.29 is 14.1 Å². The van der Waals surface area contributed by atoms with Crippen LogP contribution in [0.2, 0.25) is 0 Å². The van der Waals surface area contributed by atoms with Crippen molar-refractivity contribution in [3.8, 4) is 17.5 Å². The first kappa shape index (κ1) is 21.2. The molecule has 0 atom stereocenters. The molecule has 10 nitrogen and oxygen atoms in total. The zero-order valence-corrected chi connectivity index (χ0v) is 18.0. The second-order valence-electron chi connectivity index (χ2n) is 8.19. The van der Waals surface area contributed by atoms with Gasteiger partial charge in [0.05, 0.1) is 28.5 Å². The molecule has 0 radical (unpaired) electrons. The topological polar surface area (TPSA) is 157 Å². The quantitative estimate of drug-likeness (QED) is 0.358. The summed E-state index contributed by atoms with van der Waals surface area (Å²) < 4.78 is 4.56. The van der Waals surface area contributed by atoms with Gasteiger partial charge in [0.15, 0.2) is 5.82 Å². The van der Waals surface area contributed by atoms with Gasteiger partial charge in [0, 0.05) is 16.9 Å². The molecule has 1 aliphatic carbocycles. The number of aromatic amines is 2. The average molecular weight is 456 g/mol. The smallest absolute Gasteiger partial charge is 0.349 e. The maximum atomic E-state index is 13.1. The lowest BCUT2D eigenvalue weighted by Gasteiger charge is -2.11. The van der Waals surface area contributed by atoms with Crippen LogP contribution in [0.25, 0.3) is 22.3 Å². The van der Waals surface area contributed by atoms with Crippen LogP contribution in [0.5, 0.6) is 0 Å². The van der Waals surface area contributed by atoms with Gasteiger partial charge in [-0.25, -0.2) is 4.79 Å². The van der Waals surface area contributed by atoms with E-state index in [0.29, 0.717) is 28.0 Å². The highest BCUT2D eigenvalue weighted by Gasteiger charge is 2.23. The van der Waals surface area contributed by atoms with Gasteiger partial charge in [-0.3, -0.25) is 19.1 Å². The number of hydrogen-bond donors (Lipinski definition) is 4. The van der Waals surface area contributed by atoms with Crippen molar-refractivity contribution in [1.82, 2.24) is 15.1 Å². The minimum atomic E-state index is -0.752. The molecule has 4 aromatic rings. The van der Waals surface area contributed by atoms with Gasteiger partial charge in [0.2, 0.25) is 5.91 Å². The summed E-state index contributed by atoms with van der Waals surface area (Å²) in [6.07, 6.45) is 3.91. The number of carbonyl (C=O) groups excluding carboxylic acids is 2. The molecule has 0 saturated heterocycles. The normalized spacial score (nSPS) is 13.6. The lowest BCUT2D eigenvalue weighted by Crippen LogP contribution is -2.20. The van der Waals surface area contributed by atoms with Gasteiger partial charge in [0.25, 0.3) is 5.91 Å². The predicted octanol–water partition coefficient (Wildman–Crippen LogP) is 3.76. The SMILES string of the molecule is N#Cc1ccc(NC(=O)c2cc3cccc(NC(=O)C4CCCC4)c3[nH]2)c(-c2noc(=O)[nH]2)c1. The minimum Gasteiger partial charge on any atom is -0.349 e. The third-order valence-electron chi connectivity index (χ3n) is 5.98. The number of para-hydroxylation sites is 1. The predicted molar refractivity (Wildman–Crippen MR) is 124 cm³/mol. The molecule has 2 amide bonds. The first-order valence-electron chi connectivity index (χ1n) is 10.9. The lowest BCUT2D eigenvalue weighted by molar-refractivity contribution is -0.119. The number of rotatable bonds is 5. The van der Waals surface area contributed by atoms with Crippen LogP contribution in [0.1, 0.15) is 41.7 Å². The molecule has 1 saturated carbocycles. The minimum absolute atomic E-state index is 0.00516. The number of aromatic nitrogens is 3. The van der Waals surface area contributed by atoms with Gasteiger partial charge in [-0.05, 0) is 43.2 Å². The first-order chi connectivity index (χ1) is 16.5. The second kappa shape index (κ2) is 8.71. The van der Waals surface area contributed by atoms with Crippen LogP contribution in [0.4, 0.5) is 11.4 Å². The van der Waals surface area contributed by atoms with E-state index in [9.17, 15) is 19.6 Å². The van der Waals surface area contributed by atoms with Crippen LogP contribution < -0.4 is 16.4 Å². The summed E-state index contributed by atoms with van der Waals surface area (Å²) in [5, 5.41) is 19.4. The molecule has 2 heterocycles. The molecule has 1 aliphatic rings. The Bertz CT molecular complexity index is 1500. The number of amides is 2. The largest absolute Gasteiger partial charge is 0.439 e. The Morgan fingerprint density at radius 3 is 2.62 bits per heavy atom. The number of nitrogens with zero attached hydrogens (tertiary/aromatic N) is 2. The fraction of sp³-hybridized carbons (Fsp3) is 0.208. The molecule has 170 valence electrons. The van der Waals surface area contributed by atoms with E-state index in [2.05, 4.69) is 30.3 Å². The highest BCUT2D eigenvalue weighted by Crippen LogP contribution is 2.30. The number of H-pyrrole nitrogens is 2. The highest BCUT2D eigenvalue weighted by atomic mass is 16.5. The molecular formula is C24H20N6O4. The Hall–Kier alpha value is -4.65. The molecule has 1 fully saturated rings. The Kier molecular flexibility index (Phi) is 5.43. The summed E-state index contributed by atoms with van der Waals surface area (Å²) in [6, 6.07) is 13.8. The summed E-state index contributed by atoms with van der Waals surface area (Å²) in [5.41, 5.74) is 2.54. The summed E-state index contributed by atoms with van der Waals surface area (Å²) >= 11 is 0. The van der Waals surface area contributed by atoms with Crippen LogP contribution in [0, 0.1) is 17.2 Å². The summed E-state index contributed by atoms with van der Waals surface area (Å²) in [4.78, 5) is 42.6. The standard InChI is InChI=1S/C24H20N6O4/c25-12-13-8-9-17(16(10-13)21-29-24(33)34-30-21)27-23(32)19-11-15-6-3-7-18(20(15)26-19)28-22(31)14-4-1-2-5-14/h3,6-11,14,26H,1-2,4-5H2,(H,27,32)(H,28,31)(H,29,30,33). The van der Waals surface area contributed by atoms with Gasteiger partial charge in [-0.2, -0.15) is 5.26 Å². The van der Waals surface area contributed by atoms with Gasteiger partial charge >= 0.3 is 5.76 Å². The van der Waals surface area contributed by atoms with E-state index in [1.807, 2.05) is 18.2 Å². The third-order valence-corrected chi connectivity index (χ3v) is 5.98. The van der Waals surface area contributed by atoms with Crippen molar-refractivity contribution in [2.24, 2.45) is 5.92 Å². The maximum Gasteiger partial charge on any atom is 0.439 e. The van der Waals surface area contributed by atoms with E-state index < -0.39 is 11.7 Å². The van der Waals surface area contributed by atoms with Crippen molar-refractivity contribution in [3.63, 3.8) is 0 Å². The number of fused-ring (bicyclic) bond motifs is 1. The Labute approximate surface area is 193 Å². The van der Waals surface area contributed by atoms with E-state index in [4.69, 9.17) is 0 Å². The Balaban J connectivity index is 1.43. The molecule has 0 unspecified atom stereocenters.